The normalized spacial score (nSPS) is 14.1. The SMILES string of the molecule is CC.CC.CCC.FC(F)(F)c1cccc(CCN2CCOCC2)c1. The van der Waals surface area contributed by atoms with Gasteiger partial charge in [-0.2, -0.15) is 13.2 Å². The van der Waals surface area contributed by atoms with Crippen molar-refractivity contribution >= 4 is 0 Å². The van der Waals surface area contributed by atoms with Gasteiger partial charge in [0.1, 0.15) is 0 Å². The second-order valence-electron chi connectivity index (χ2n) is 5.11. The maximum absolute atomic E-state index is 12.5. The Balaban J connectivity index is 0. The minimum atomic E-state index is -4.25. The van der Waals surface area contributed by atoms with E-state index in [-0.39, 0.29) is 0 Å². The lowest BCUT2D eigenvalue weighted by atomic mass is 10.1. The van der Waals surface area contributed by atoms with Crippen LogP contribution in [0.1, 0.15) is 59.1 Å². The Hall–Kier alpha value is -1.07. The lowest BCUT2D eigenvalue weighted by Crippen LogP contribution is -2.37. The summed E-state index contributed by atoms with van der Waals surface area (Å²) in [6.45, 7) is 16.2. The summed E-state index contributed by atoms with van der Waals surface area (Å²) in [5.74, 6) is 0. The molecule has 148 valence electrons. The first-order valence-electron chi connectivity index (χ1n) is 9.43. The highest BCUT2D eigenvalue weighted by Gasteiger charge is 2.30. The summed E-state index contributed by atoms with van der Waals surface area (Å²) in [7, 11) is 0. The molecule has 1 aromatic rings. The monoisotopic (exact) mass is 363 g/mol. The van der Waals surface area contributed by atoms with Crippen molar-refractivity contribution in [1.82, 2.24) is 4.90 Å². The van der Waals surface area contributed by atoms with Crippen LogP contribution in [0.25, 0.3) is 0 Å². The van der Waals surface area contributed by atoms with E-state index in [4.69, 9.17) is 4.74 Å². The standard InChI is InChI=1S/C13H16F3NO.C3H8.2C2H6/c14-13(15,16)12-3-1-2-11(10-12)4-5-17-6-8-18-9-7-17;1-3-2;2*1-2/h1-3,10H,4-9H2;3H2,1-2H3;2*1-2H3. The van der Waals surface area contributed by atoms with E-state index in [1.807, 2.05) is 27.7 Å². The molecule has 0 atom stereocenters. The van der Waals surface area contributed by atoms with E-state index in [2.05, 4.69) is 18.7 Å². The predicted molar refractivity (Wildman–Crippen MR) is 101 cm³/mol. The molecule has 0 N–H and O–H groups in total. The van der Waals surface area contributed by atoms with Crippen molar-refractivity contribution < 1.29 is 17.9 Å². The molecule has 0 amide bonds. The lowest BCUT2D eigenvalue weighted by Gasteiger charge is -2.26. The smallest absolute Gasteiger partial charge is 0.379 e. The Labute approximate surface area is 152 Å². The molecule has 0 unspecified atom stereocenters. The van der Waals surface area contributed by atoms with Gasteiger partial charge in [-0.15, -0.1) is 0 Å². The van der Waals surface area contributed by atoms with Crippen LogP contribution >= 0.6 is 0 Å². The molecule has 25 heavy (non-hydrogen) atoms. The molecule has 1 aliphatic rings. The molecule has 0 spiro atoms. The van der Waals surface area contributed by atoms with E-state index in [9.17, 15) is 13.2 Å². The molecule has 1 aliphatic heterocycles. The Kier molecular flexibility index (Phi) is 17.2. The third-order valence-corrected chi connectivity index (χ3v) is 3.07. The molecular weight excluding hydrogens is 327 g/mol. The van der Waals surface area contributed by atoms with Gasteiger partial charge in [0.25, 0.3) is 0 Å². The molecule has 0 aliphatic carbocycles. The van der Waals surface area contributed by atoms with Crippen LogP contribution in [0.3, 0.4) is 0 Å². The summed E-state index contributed by atoms with van der Waals surface area (Å²) >= 11 is 0. The molecule has 1 heterocycles. The van der Waals surface area contributed by atoms with Gasteiger partial charge in [-0.3, -0.25) is 4.90 Å². The van der Waals surface area contributed by atoms with Crippen molar-refractivity contribution in [2.24, 2.45) is 0 Å². The number of ether oxygens (including phenoxy) is 1. The van der Waals surface area contributed by atoms with Crippen molar-refractivity contribution in [2.45, 2.75) is 60.6 Å². The Morgan fingerprint density at radius 3 is 2.00 bits per heavy atom. The summed E-state index contributed by atoms with van der Waals surface area (Å²) in [5.41, 5.74) is 0.165. The second-order valence-corrected chi connectivity index (χ2v) is 5.11. The zero-order chi connectivity index (χ0) is 19.7. The number of hydrogen-bond acceptors (Lipinski definition) is 2. The van der Waals surface area contributed by atoms with Crippen LogP contribution in [0.15, 0.2) is 24.3 Å². The number of rotatable bonds is 3. The quantitative estimate of drug-likeness (QED) is 0.648. The van der Waals surface area contributed by atoms with E-state index in [0.717, 1.165) is 31.3 Å². The highest BCUT2D eigenvalue weighted by atomic mass is 19.4. The minimum absolute atomic E-state index is 0.568. The fourth-order valence-electron chi connectivity index (χ4n) is 2.02. The maximum Gasteiger partial charge on any atom is 0.416 e. The van der Waals surface area contributed by atoms with Gasteiger partial charge in [0.15, 0.2) is 0 Å². The molecule has 2 nitrogen and oxygen atoms in total. The van der Waals surface area contributed by atoms with Crippen LogP contribution < -0.4 is 0 Å². The third-order valence-electron chi connectivity index (χ3n) is 3.07. The van der Waals surface area contributed by atoms with Gasteiger partial charge in [-0.05, 0) is 18.1 Å². The first kappa shape index (κ1) is 26.2. The molecule has 1 aromatic carbocycles. The first-order valence-corrected chi connectivity index (χ1v) is 9.43. The second kappa shape index (κ2) is 16.4. The zero-order valence-corrected chi connectivity index (χ0v) is 16.7. The number of hydrogen-bond donors (Lipinski definition) is 0. The topological polar surface area (TPSA) is 12.5 Å². The predicted octanol–water partition coefficient (Wildman–Crippen LogP) is 6.05. The van der Waals surface area contributed by atoms with Crippen molar-refractivity contribution in [3.8, 4) is 0 Å². The average Bonchev–Trinajstić information content (AvgIpc) is 2.64. The van der Waals surface area contributed by atoms with Crippen molar-refractivity contribution in [1.29, 1.82) is 0 Å². The van der Waals surface area contributed by atoms with Crippen molar-refractivity contribution in [3.63, 3.8) is 0 Å². The summed E-state index contributed by atoms with van der Waals surface area (Å²) in [6.07, 6.45) is -2.36. The van der Waals surface area contributed by atoms with Crippen LogP contribution in [0, 0.1) is 0 Å². The van der Waals surface area contributed by atoms with E-state index in [1.54, 1.807) is 6.07 Å². The fraction of sp³-hybridized carbons (Fsp3) is 0.700. The largest absolute Gasteiger partial charge is 0.416 e. The molecule has 0 radical (unpaired) electrons. The van der Waals surface area contributed by atoms with Crippen LogP contribution in [0.2, 0.25) is 0 Å². The van der Waals surface area contributed by atoms with E-state index in [0.29, 0.717) is 19.6 Å². The van der Waals surface area contributed by atoms with Crippen molar-refractivity contribution in [2.75, 3.05) is 32.8 Å². The van der Waals surface area contributed by atoms with E-state index in [1.165, 1.54) is 18.6 Å². The number of morpholine rings is 1. The average molecular weight is 364 g/mol. The molecule has 2 rings (SSSR count). The Morgan fingerprint density at radius 1 is 1.00 bits per heavy atom. The van der Waals surface area contributed by atoms with E-state index < -0.39 is 11.7 Å². The maximum atomic E-state index is 12.5. The van der Waals surface area contributed by atoms with Gasteiger partial charge in [-0.1, -0.05) is 66.2 Å². The summed E-state index contributed by atoms with van der Waals surface area (Å²) in [6, 6.07) is 5.56. The molecule has 0 aromatic heterocycles. The van der Waals surface area contributed by atoms with Crippen molar-refractivity contribution in [3.05, 3.63) is 35.4 Å². The van der Waals surface area contributed by atoms with Crippen LogP contribution in [-0.4, -0.2) is 37.7 Å². The van der Waals surface area contributed by atoms with Crippen LogP contribution in [0.4, 0.5) is 13.2 Å². The first-order chi connectivity index (χ1) is 12.0. The van der Waals surface area contributed by atoms with Crippen LogP contribution in [-0.2, 0) is 17.3 Å². The molecular formula is C20H36F3NO. The Morgan fingerprint density at radius 2 is 1.52 bits per heavy atom. The third kappa shape index (κ3) is 12.9. The molecule has 0 bridgehead atoms. The van der Waals surface area contributed by atoms with Gasteiger partial charge in [0.05, 0.1) is 18.8 Å². The fourth-order valence-corrected chi connectivity index (χ4v) is 2.02. The molecule has 5 heteroatoms. The molecule has 1 saturated heterocycles. The number of alkyl halides is 3. The van der Waals surface area contributed by atoms with Crippen LogP contribution in [0.5, 0.6) is 0 Å². The van der Waals surface area contributed by atoms with Gasteiger partial charge in [0.2, 0.25) is 0 Å². The zero-order valence-electron chi connectivity index (χ0n) is 16.7. The minimum Gasteiger partial charge on any atom is -0.379 e. The van der Waals surface area contributed by atoms with Gasteiger partial charge in [-0.25, -0.2) is 0 Å². The number of benzene rings is 1. The lowest BCUT2D eigenvalue weighted by molar-refractivity contribution is -0.137. The van der Waals surface area contributed by atoms with Gasteiger partial charge >= 0.3 is 6.18 Å². The summed E-state index contributed by atoms with van der Waals surface area (Å²) < 4.78 is 42.8. The Bertz CT molecular complexity index is 402. The van der Waals surface area contributed by atoms with Gasteiger partial charge < -0.3 is 4.74 Å². The highest BCUT2D eigenvalue weighted by Crippen LogP contribution is 2.29. The number of halogens is 3. The molecule has 1 fully saturated rings. The number of nitrogens with zero attached hydrogens (tertiary/aromatic N) is 1. The van der Waals surface area contributed by atoms with Gasteiger partial charge in [0, 0.05) is 19.6 Å². The highest BCUT2D eigenvalue weighted by molar-refractivity contribution is 5.25. The summed E-state index contributed by atoms with van der Waals surface area (Å²) in [4.78, 5) is 2.21. The van der Waals surface area contributed by atoms with E-state index >= 15 is 0 Å². The summed E-state index contributed by atoms with van der Waals surface area (Å²) in [5, 5.41) is 0. The molecule has 0 saturated carbocycles.